The Kier molecular flexibility index (Phi) is 15.6. The summed E-state index contributed by atoms with van der Waals surface area (Å²) in [5.74, 6) is -1.96. The molecule has 0 aromatic heterocycles. The molecule has 0 aliphatic carbocycles. The lowest BCUT2D eigenvalue weighted by Gasteiger charge is -2.49. The fourth-order valence-corrected chi connectivity index (χ4v) is 7.46. The SMILES string of the molecule is CC(=O)N[C@@H]1[C@@H](OC(=O)c2ccccc2)[C@H](O[C@@H]2O[C@@H](C)[C@@H](OCc3ccccc3)[C@@H](OCc3ccccc3)[C@@H]2OCc2ccccc2)[C@@H](COC(=O)c2ccccc2)O[C@H]1O. The average molecular weight is 846 g/mol. The number of amides is 1. The van der Waals surface area contributed by atoms with Crippen LogP contribution in [0.1, 0.15) is 51.3 Å². The Bertz CT molecular complexity index is 2150. The third kappa shape index (κ3) is 11.8. The second-order valence-electron chi connectivity index (χ2n) is 15.1. The van der Waals surface area contributed by atoms with Crippen LogP contribution in [0.5, 0.6) is 0 Å². The molecule has 0 radical (unpaired) electrons. The van der Waals surface area contributed by atoms with Crippen LogP contribution in [-0.4, -0.2) is 90.9 Å². The van der Waals surface area contributed by atoms with Crippen LogP contribution in [-0.2, 0) is 62.5 Å². The summed E-state index contributed by atoms with van der Waals surface area (Å²) in [6.07, 6.45) is -10.2. The van der Waals surface area contributed by atoms with Crippen LogP contribution in [0, 0.1) is 0 Å². The van der Waals surface area contributed by atoms with Crippen LogP contribution in [0.15, 0.2) is 152 Å². The van der Waals surface area contributed by atoms with Crippen molar-refractivity contribution in [1.29, 1.82) is 0 Å². The fraction of sp³-hybridized carbons (Fsp3) is 0.327. The zero-order valence-electron chi connectivity index (χ0n) is 34.5. The maximum absolute atomic E-state index is 13.8. The van der Waals surface area contributed by atoms with Crippen LogP contribution in [0.3, 0.4) is 0 Å². The van der Waals surface area contributed by atoms with Crippen LogP contribution in [0.2, 0.25) is 0 Å². The molecule has 7 rings (SSSR count). The van der Waals surface area contributed by atoms with Crippen molar-refractivity contribution in [2.45, 2.75) is 95.0 Å². The first-order valence-corrected chi connectivity index (χ1v) is 20.6. The fourth-order valence-electron chi connectivity index (χ4n) is 7.46. The van der Waals surface area contributed by atoms with Crippen molar-refractivity contribution in [1.82, 2.24) is 5.32 Å². The minimum atomic E-state index is -1.72. The van der Waals surface area contributed by atoms with Gasteiger partial charge in [-0.3, -0.25) is 4.79 Å². The topological polar surface area (TPSA) is 157 Å². The Hall–Kier alpha value is -5.77. The first-order chi connectivity index (χ1) is 30.2. The molecule has 0 unspecified atom stereocenters. The molecular formula is C49H51NO12. The van der Waals surface area contributed by atoms with E-state index in [2.05, 4.69) is 5.32 Å². The van der Waals surface area contributed by atoms with E-state index in [1.165, 1.54) is 6.92 Å². The normalized spacial score (nSPS) is 25.9. The van der Waals surface area contributed by atoms with E-state index in [1.807, 2.05) is 97.9 Å². The summed E-state index contributed by atoms with van der Waals surface area (Å²) in [4.78, 5) is 39.8. The molecule has 0 saturated carbocycles. The molecule has 2 fully saturated rings. The molecule has 2 heterocycles. The summed E-state index contributed by atoms with van der Waals surface area (Å²) >= 11 is 0. The highest BCUT2D eigenvalue weighted by Gasteiger charge is 2.54. The summed E-state index contributed by atoms with van der Waals surface area (Å²) in [5, 5.41) is 14.1. The highest BCUT2D eigenvalue weighted by molar-refractivity contribution is 5.90. The van der Waals surface area contributed by atoms with Gasteiger partial charge in [0.25, 0.3) is 0 Å². The number of aliphatic hydroxyl groups is 1. The molecule has 2 aliphatic heterocycles. The molecule has 13 heteroatoms. The molecule has 62 heavy (non-hydrogen) atoms. The Balaban J connectivity index is 1.26. The van der Waals surface area contributed by atoms with Gasteiger partial charge in [-0.2, -0.15) is 0 Å². The molecule has 5 aromatic rings. The van der Waals surface area contributed by atoms with Gasteiger partial charge in [0.2, 0.25) is 5.91 Å². The predicted octanol–water partition coefficient (Wildman–Crippen LogP) is 6.18. The van der Waals surface area contributed by atoms with E-state index in [0.29, 0.717) is 0 Å². The monoisotopic (exact) mass is 845 g/mol. The van der Waals surface area contributed by atoms with Gasteiger partial charge in [0.05, 0.1) is 37.1 Å². The standard InChI is InChI=1S/C49H51NO12/c1-32-41(55-28-34-18-8-3-9-19-34)44(56-29-35-20-10-4-11-21-35)45(57-30-36-22-12-5-13-23-36)49(59-32)62-42-39(31-58-46(52)37-24-14-6-15-25-37)60-48(54)40(50-33(2)51)43(42)61-47(53)38-26-16-7-17-27-38/h3-27,32,39-45,48-49,54H,28-31H2,1-2H3,(H,50,51)/t32-,39+,40+,41+,42+,43+,44+,45-,48+,49-/m0/s1. The molecule has 1 amide bonds. The van der Waals surface area contributed by atoms with Gasteiger partial charge in [0.15, 0.2) is 18.7 Å². The zero-order chi connectivity index (χ0) is 43.3. The van der Waals surface area contributed by atoms with Crippen molar-refractivity contribution in [3.8, 4) is 0 Å². The average Bonchev–Trinajstić information content (AvgIpc) is 3.30. The van der Waals surface area contributed by atoms with E-state index < -0.39 is 85.8 Å². The second-order valence-corrected chi connectivity index (χ2v) is 15.1. The van der Waals surface area contributed by atoms with E-state index >= 15 is 0 Å². The lowest BCUT2D eigenvalue weighted by atomic mass is 9.94. The van der Waals surface area contributed by atoms with Gasteiger partial charge in [-0.1, -0.05) is 127 Å². The van der Waals surface area contributed by atoms with Gasteiger partial charge in [0, 0.05) is 6.92 Å². The molecule has 5 aromatic carbocycles. The molecule has 2 aliphatic rings. The Morgan fingerprint density at radius 2 is 1.02 bits per heavy atom. The number of esters is 2. The number of aliphatic hydroxyl groups excluding tert-OH is 1. The number of carbonyl (C=O) groups excluding carboxylic acids is 3. The van der Waals surface area contributed by atoms with Gasteiger partial charge in [-0.05, 0) is 47.9 Å². The van der Waals surface area contributed by atoms with E-state index in [9.17, 15) is 19.5 Å². The highest BCUT2D eigenvalue weighted by atomic mass is 16.7. The number of rotatable bonds is 17. The number of hydrogen-bond donors (Lipinski definition) is 2. The predicted molar refractivity (Wildman–Crippen MR) is 225 cm³/mol. The summed E-state index contributed by atoms with van der Waals surface area (Å²) in [6.45, 7) is 3.22. The first kappa shape index (κ1) is 44.3. The minimum Gasteiger partial charge on any atom is -0.459 e. The summed E-state index contributed by atoms with van der Waals surface area (Å²) in [5.41, 5.74) is 3.21. The molecule has 0 bridgehead atoms. The molecule has 10 atom stereocenters. The second kappa shape index (κ2) is 21.8. The van der Waals surface area contributed by atoms with Gasteiger partial charge in [0.1, 0.15) is 43.2 Å². The van der Waals surface area contributed by atoms with Gasteiger partial charge in [-0.15, -0.1) is 0 Å². The number of carbonyl (C=O) groups is 3. The summed E-state index contributed by atoms with van der Waals surface area (Å²) in [6, 6.07) is 44.3. The molecule has 2 N–H and O–H groups in total. The van der Waals surface area contributed by atoms with Gasteiger partial charge >= 0.3 is 11.9 Å². The van der Waals surface area contributed by atoms with Crippen molar-refractivity contribution in [3.05, 3.63) is 179 Å². The van der Waals surface area contributed by atoms with E-state index in [4.69, 9.17) is 37.9 Å². The Morgan fingerprint density at radius 3 is 1.52 bits per heavy atom. The largest absolute Gasteiger partial charge is 0.459 e. The Morgan fingerprint density at radius 1 is 0.565 bits per heavy atom. The lowest BCUT2D eigenvalue weighted by molar-refractivity contribution is -0.354. The van der Waals surface area contributed by atoms with E-state index in [0.717, 1.165) is 16.7 Å². The number of ether oxygens (including phenoxy) is 8. The number of hydrogen-bond acceptors (Lipinski definition) is 12. The van der Waals surface area contributed by atoms with E-state index in [1.54, 1.807) is 60.7 Å². The van der Waals surface area contributed by atoms with Crippen LogP contribution >= 0.6 is 0 Å². The third-order valence-corrected chi connectivity index (χ3v) is 10.6. The highest BCUT2D eigenvalue weighted by Crippen LogP contribution is 2.35. The van der Waals surface area contributed by atoms with Crippen LogP contribution in [0.4, 0.5) is 0 Å². The first-order valence-electron chi connectivity index (χ1n) is 20.6. The smallest absolute Gasteiger partial charge is 0.338 e. The zero-order valence-corrected chi connectivity index (χ0v) is 34.5. The maximum atomic E-state index is 13.8. The van der Waals surface area contributed by atoms with Gasteiger partial charge < -0.3 is 48.3 Å². The van der Waals surface area contributed by atoms with Crippen LogP contribution in [0.25, 0.3) is 0 Å². The van der Waals surface area contributed by atoms with Crippen molar-refractivity contribution in [3.63, 3.8) is 0 Å². The molecule has 324 valence electrons. The number of benzene rings is 5. The molecule has 0 spiro atoms. The number of nitrogens with one attached hydrogen (secondary N) is 1. The van der Waals surface area contributed by atoms with Crippen molar-refractivity contribution < 1.29 is 57.4 Å². The lowest BCUT2D eigenvalue weighted by Crippen LogP contribution is -2.68. The summed E-state index contributed by atoms with van der Waals surface area (Å²) in [7, 11) is 0. The van der Waals surface area contributed by atoms with Gasteiger partial charge in [-0.25, -0.2) is 9.59 Å². The Labute approximate surface area is 360 Å². The molecule has 2 saturated heterocycles. The molecule has 13 nitrogen and oxygen atoms in total. The van der Waals surface area contributed by atoms with Crippen LogP contribution < -0.4 is 5.32 Å². The van der Waals surface area contributed by atoms with Crippen molar-refractivity contribution in [2.24, 2.45) is 0 Å². The van der Waals surface area contributed by atoms with E-state index in [-0.39, 0.29) is 30.9 Å². The summed E-state index contributed by atoms with van der Waals surface area (Å²) < 4.78 is 51.7. The minimum absolute atomic E-state index is 0.124. The quantitative estimate of drug-likeness (QED) is 0.103. The van der Waals surface area contributed by atoms with Crippen molar-refractivity contribution >= 4 is 17.8 Å². The molecular weight excluding hydrogens is 795 g/mol. The maximum Gasteiger partial charge on any atom is 0.338 e. The third-order valence-electron chi connectivity index (χ3n) is 10.6. The van der Waals surface area contributed by atoms with Crippen molar-refractivity contribution in [2.75, 3.05) is 6.61 Å².